The molecule has 0 spiro atoms. The first-order chi connectivity index (χ1) is 9.60. The van der Waals surface area contributed by atoms with E-state index in [4.69, 9.17) is 5.11 Å². The topological polar surface area (TPSA) is 23.5 Å². The van der Waals surface area contributed by atoms with Crippen LogP contribution in [0.15, 0.2) is 18.2 Å². The minimum atomic E-state index is -0.280. The lowest BCUT2D eigenvalue weighted by Crippen LogP contribution is -2.22. The molecule has 1 fully saturated rings. The number of nitrogens with zero attached hydrogens (tertiary/aromatic N) is 1. The summed E-state index contributed by atoms with van der Waals surface area (Å²) in [5, 5.41) is 8.79. The van der Waals surface area contributed by atoms with Crippen molar-refractivity contribution in [2.24, 2.45) is 11.8 Å². The van der Waals surface area contributed by atoms with Gasteiger partial charge in [-0.15, -0.1) is 0 Å². The summed E-state index contributed by atoms with van der Waals surface area (Å²) < 4.78 is 13.3. The Morgan fingerprint density at radius 1 is 1.45 bits per heavy atom. The van der Waals surface area contributed by atoms with Crippen LogP contribution in [-0.2, 0) is 6.54 Å². The zero-order valence-corrected chi connectivity index (χ0v) is 12.2. The number of halogens is 1. The van der Waals surface area contributed by atoms with Crippen molar-refractivity contribution in [1.82, 2.24) is 4.90 Å². The maximum Gasteiger partial charge on any atom is 0.124 e. The smallest absolute Gasteiger partial charge is 0.124 e. The minimum absolute atomic E-state index is 0.199. The van der Waals surface area contributed by atoms with Gasteiger partial charge in [-0.2, -0.15) is 0 Å². The molecule has 1 saturated heterocycles. The van der Waals surface area contributed by atoms with Crippen molar-refractivity contribution in [1.29, 1.82) is 0 Å². The van der Waals surface area contributed by atoms with E-state index >= 15 is 0 Å². The van der Waals surface area contributed by atoms with E-state index in [1.54, 1.807) is 6.07 Å². The highest BCUT2D eigenvalue weighted by molar-refractivity contribution is 5.41. The summed E-state index contributed by atoms with van der Waals surface area (Å²) in [7, 11) is 0. The molecule has 1 aliphatic heterocycles. The Morgan fingerprint density at radius 3 is 2.90 bits per heavy atom. The van der Waals surface area contributed by atoms with E-state index < -0.39 is 0 Å². The van der Waals surface area contributed by atoms with Crippen molar-refractivity contribution in [3.63, 3.8) is 0 Å². The monoisotopic (exact) mass is 275 g/mol. The highest BCUT2D eigenvalue weighted by Crippen LogP contribution is 2.25. The zero-order valence-electron chi connectivity index (χ0n) is 12.2. The van der Waals surface area contributed by atoms with Crippen LogP contribution in [0.4, 0.5) is 4.39 Å². The second-order valence-electron chi connectivity index (χ2n) is 5.79. The third-order valence-electron chi connectivity index (χ3n) is 4.02. The lowest BCUT2D eigenvalue weighted by atomic mass is 9.95. The Morgan fingerprint density at radius 2 is 2.25 bits per heavy atom. The van der Waals surface area contributed by atoms with E-state index in [0.717, 1.165) is 31.1 Å². The molecule has 1 aromatic carbocycles. The molecule has 20 heavy (non-hydrogen) atoms. The molecular formula is C17H22FNO. The van der Waals surface area contributed by atoms with Gasteiger partial charge in [-0.05, 0) is 42.5 Å². The van der Waals surface area contributed by atoms with Crippen molar-refractivity contribution < 1.29 is 9.50 Å². The van der Waals surface area contributed by atoms with Crippen LogP contribution < -0.4 is 0 Å². The fourth-order valence-corrected chi connectivity index (χ4v) is 2.73. The molecule has 108 valence electrons. The average molecular weight is 275 g/mol. The molecule has 1 atom stereocenters. The van der Waals surface area contributed by atoms with Gasteiger partial charge in [0.1, 0.15) is 12.4 Å². The molecule has 0 bridgehead atoms. The summed E-state index contributed by atoms with van der Waals surface area (Å²) >= 11 is 0. The van der Waals surface area contributed by atoms with E-state index in [1.807, 2.05) is 0 Å². The number of benzene rings is 1. The van der Waals surface area contributed by atoms with Gasteiger partial charge in [-0.25, -0.2) is 4.39 Å². The van der Waals surface area contributed by atoms with Gasteiger partial charge >= 0.3 is 0 Å². The van der Waals surface area contributed by atoms with Gasteiger partial charge < -0.3 is 5.11 Å². The standard InChI is InChI=1S/C17H22FNO/c1-13(2)15-7-8-19(11-15)12-16-5-6-17(18)10-14(16)4-3-9-20/h5-6,10,13,15,20H,7-9,11-12H2,1-2H3. The molecule has 1 aliphatic rings. The van der Waals surface area contributed by atoms with Crippen LogP contribution in [-0.4, -0.2) is 29.7 Å². The Bertz CT molecular complexity index is 515. The summed E-state index contributed by atoms with van der Waals surface area (Å²) in [5.74, 6) is 6.63. The first-order valence-corrected chi connectivity index (χ1v) is 7.20. The van der Waals surface area contributed by atoms with E-state index in [9.17, 15) is 4.39 Å². The van der Waals surface area contributed by atoms with Crippen LogP contribution in [0.1, 0.15) is 31.4 Å². The van der Waals surface area contributed by atoms with Crippen LogP contribution >= 0.6 is 0 Å². The molecule has 0 aliphatic carbocycles. The molecule has 1 N–H and O–H groups in total. The number of hydrogen-bond donors (Lipinski definition) is 1. The molecule has 1 heterocycles. The second-order valence-corrected chi connectivity index (χ2v) is 5.79. The maximum atomic E-state index is 13.3. The van der Waals surface area contributed by atoms with E-state index in [1.165, 1.54) is 18.6 Å². The fraction of sp³-hybridized carbons (Fsp3) is 0.529. The number of aliphatic hydroxyl groups is 1. The highest BCUT2D eigenvalue weighted by Gasteiger charge is 2.25. The molecule has 2 nitrogen and oxygen atoms in total. The van der Waals surface area contributed by atoms with Crippen LogP contribution in [0.5, 0.6) is 0 Å². The second kappa shape index (κ2) is 6.88. The largest absolute Gasteiger partial charge is 0.384 e. The summed E-state index contributed by atoms with van der Waals surface area (Å²) in [4.78, 5) is 2.40. The zero-order chi connectivity index (χ0) is 14.5. The summed E-state index contributed by atoms with van der Waals surface area (Å²) in [6.07, 6.45) is 1.23. The summed E-state index contributed by atoms with van der Waals surface area (Å²) in [6, 6.07) is 4.74. The van der Waals surface area contributed by atoms with Crippen LogP contribution in [0.25, 0.3) is 0 Å². The first kappa shape index (κ1) is 15.0. The van der Waals surface area contributed by atoms with Gasteiger partial charge in [0.25, 0.3) is 0 Å². The highest BCUT2D eigenvalue weighted by atomic mass is 19.1. The Kier molecular flexibility index (Phi) is 5.17. The predicted molar refractivity (Wildman–Crippen MR) is 78.6 cm³/mol. The normalized spacial score (nSPS) is 19.1. The van der Waals surface area contributed by atoms with Gasteiger partial charge in [0.2, 0.25) is 0 Å². The van der Waals surface area contributed by atoms with Crippen molar-refractivity contribution in [2.45, 2.75) is 26.8 Å². The summed E-state index contributed by atoms with van der Waals surface area (Å²) in [5.41, 5.74) is 1.73. The SMILES string of the molecule is CC(C)C1CCN(Cc2ccc(F)cc2C#CCO)C1. The molecule has 3 heteroatoms. The van der Waals surface area contributed by atoms with Crippen LogP contribution in [0.3, 0.4) is 0 Å². The van der Waals surface area contributed by atoms with Crippen LogP contribution in [0.2, 0.25) is 0 Å². The van der Waals surface area contributed by atoms with Gasteiger partial charge in [-0.1, -0.05) is 31.8 Å². The predicted octanol–water partition coefficient (Wildman–Crippen LogP) is 2.65. The van der Waals surface area contributed by atoms with Crippen molar-refractivity contribution in [2.75, 3.05) is 19.7 Å². The fourth-order valence-electron chi connectivity index (χ4n) is 2.73. The molecule has 1 aromatic rings. The van der Waals surface area contributed by atoms with Crippen LogP contribution in [0, 0.1) is 29.5 Å². The van der Waals surface area contributed by atoms with Gasteiger partial charge in [0.05, 0.1) is 0 Å². The molecule has 1 unspecified atom stereocenters. The number of aliphatic hydroxyl groups excluding tert-OH is 1. The molecule has 0 aromatic heterocycles. The molecule has 0 amide bonds. The minimum Gasteiger partial charge on any atom is -0.384 e. The third kappa shape index (κ3) is 3.82. The first-order valence-electron chi connectivity index (χ1n) is 7.20. The van der Waals surface area contributed by atoms with E-state index in [-0.39, 0.29) is 12.4 Å². The molecule has 0 saturated carbocycles. The molecule has 0 radical (unpaired) electrons. The Hall–Kier alpha value is -1.37. The van der Waals surface area contributed by atoms with Gasteiger partial charge in [0.15, 0.2) is 0 Å². The van der Waals surface area contributed by atoms with Gasteiger partial charge in [-0.3, -0.25) is 4.90 Å². The number of hydrogen-bond acceptors (Lipinski definition) is 2. The van der Waals surface area contributed by atoms with Crippen molar-refractivity contribution in [3.05, 3.63) is 35.1 Å². The summed E-state index contributed by atoms with van der Waals surface area (Å²) in [6.45, 7) is 7.33. The van der Waals surface area contributed by atoms with E-state index in [2.05, 4.69) is 30.6 Å². The maximum absolute atomic E-state index is 13.3. The lowest BCUT2D eigenvalue weighted by molar-refractivity contribution is 0.296. The third-order valence-corrected chi connectivity index (χ3v) is 4.02. The quantitative estimate of drug-likeness (QED) is 0.857. The Balaban J connectivity index is 2.10. The number of likely N-dealkylation sites (tertiary alicyclic amines) is 1. The van der Waals surface area contributed by atoms with Gasteiger partial charge in [0, 0.05) is 18.7 Å². The van der Waals surface area contributed by atoms with Crippen molar-refractivity contribution >= 4 is 0 Å². The Labute approximate surface area is 120 Å². The molecule has 2 rings (SSSR count). The average Bonchev–Trinajstić information content (AvgIpc) is 2.88. The molecular weight excluding hydrogens is 253 g/mol. The number of rotatable bonds is 3. The van der Waals surface area contributed by atoms with Crippen molar-refractivity contribution in [3.8, 4) is 11.8 Å². The van der Waals surface area contributed by atoms with E-state index in [0.29, 0.717) is 11.5 Å². The lowest BCUT2D eigenvalue weighted by Gasteiger charge is -2.18.